The number of thioether (sulfide) groups is 1. The summed E-state index contributed by atoms with van der Waals surface area (Å²) in [6.07, 6.45) is 2.30. The summed E-state index contributed by atoms with van der Waals surface area (Å²) in [6, 6.07) is 5.82. The predicted octanol–water partition coefficient (Wildman–Crippen LogP) is 2.94. The van der Waals surface area contributed by atoms with Gasteiger partial charge in [0.1, 0.15) is 11.6 Å². The number of anilines is 1. The zero-order valence-electron chi connectivity index (χ0n) is 11.5. The van der Waals surface area contributed by atoms with Crippen molar-refractivity contribution >= 4 is 23.4 Å². The van der Waals surface area contributed by atoms with E-state index in [0.717, 1.165) is 18.7 Å². The first-order valence-corrected chi connectivity index (χ1v) is 7.65. The Morgan fingerprint density at radius 3 is 3.05 bits per heavy atom. The molecule has 0 saturated heterocycles. The van der Waals surface area contributed by atoms with Crippen LogP contribution in [0.25, 0.3) is 0 Å². The van der Waals surface area contributed by atoms with Crippen LogP contribution in [0.3, 0.4) is 0 Å². The molecule has 2 aromatic rings. The Kier molecular flexibility index (Phi) is 3.92. The molecule has 0 bridgehead atoms. The third kappa shape index (κ3) is 3.60. The van der Waals surface area contributed by atoms with Gasteiger partial charge in [0, 0.05) is 11.6 Å². The van der Waals surface area contributed by atoms with Crippen molar-refractivity contribution < 1.29 is 9.18 Å². The summed E-state index contributed by atoms with van der Waals surface area (Å²) in [7, 11) is 0. The van der Waals surface area contributed by atoms with Gasteiger partial charge in [-0.1, -0.05) is 17.8 Å². The zero-order chi connectivity index (χ0) is 14.8. The van der Waals surface area contributed by atoms with Crippen molar-refractivity contribution in [3.05, 3.63) is 35.9 Å². The SMILES string of the molecule is CC(Sc1n[nH]c(C2CC2)n1)C(=O)Nc1cccc(F)c1. The van der Waals surface area contributed by atoms with E-state index in [-0.39, 0.29) is 17.0 Å². The molecule has 1 aliphatic rings. The second kappa shape index (κ2) is 5.85. The van der Waals surface area contributed by atoms with Gasteiger partial charge in [-0.2, -0.15) is 0 Å². The first-order valence-electron chi connectivity index (χ1n) is 6.77. The van der Waals surface area contributed by atoms with E-state index in [1.165, 1.54) is 23.9 Å². The lowest BCUT2D eigenvalue weighted by Crippen LogP contribution is -2.22. The highest BCUT2D eigenvalue weighted by atomic mass is 32.2. The molecule has 0 aliphatic heterocycles. The van der Waals surface area contributed by atoms with Crippen LogP contribution in [0.5, 0.6) is 0 Å². The van der Waals surface area contributed by atoms with E-state index < -0.39 is 0 Å². The van der Waals surface area contributed by atoms with Crippen LogP contribution in [0.4, 0.5) is 10.1 Å². The van der Waals surface area contributed by atoms with Gasteiger partial charge in [0.2, 0.25) is 11.1 Å². The molecule has 1 aromatic carbocycles. The van der Waals surface area contributed by atoms with E-state index in [1.54, 1.807) is 19.1 Å². The van der Waals surface area contributed by atoms with Gasteiger partial charge in [0.05, 0.1) is 5.25 Å². The van der Waals surface area contributed by atoms with E-state index in [1.807, 2.05) is 0 Å². The van der Waals surface area contributed by atoms with Crippen LogP contribution in [0.2, 0.25) is 0 Å². The Morgan fingerprint density at radius 2 is 2.33 bits per heavy atom. The number of aromatic nitrogens is 3. The molecule has 7 heteroatoms. The number of benzene rings is 1. The van der Waals surface area contributed by atoms with Gasteiger partial charge in [-0.25, -0.2) is 9.37 Å². The number of hydrogen-bond donors (Lipinski definition) is 2. The highest BCUT2D eigenvalue weighted by molar-refractivity contribution is 8.00. The first kappa shape index (κ1) is 14.1. The Labute approximate surface area is 125 Å². The van der Waals surface area contributed by atoms with Crippen LogP contribution in [0, 0.1) is 5.82 Å². The minimum atomic E-state index is -0.379. The Balaban J connectivity index is 1.58. The van der Waals surface area contributed by atoms with Crippen LogP contribution in [-0.4, -0.2) is 26.3 Å². The van der Waals surface area contributed by atoms with Gasteiger partial charge >= 0.3 is 0 Å². The Morgan fingerprint density at radius 1 is 1.52 bits per heavy atom. The first-order chi connectivity index (χ1) is 10.1. The van der Waals surface area contributed by atoms with Crippen molar-refractivity contribution in [1.82, 2.24) is 15.2 Å². The monoisotopic (exact) mass is 306 g/mol. The molecular weight excluding hydrogens is 291 g/mol. The van der Waals surface area contributed by atoms with E-state index in [4.69, 9.17) is 0 Å². The van der Waals surface area contributed by atoms with Crippen LogP contribution >= 0.6 is 11.8 Å². The number of carbonyl (C=O) groups is 1. The lowest BCUT2D eigenvalue weighted by atomic mass is 10.3. The summed E-state index contributed by atoms with van der Waals surface area (Å²) in [6.45, 7) is 1.77. The summed E-state index contributed by atoms with van der Waals surface area (Å²) in [5, 5.41) is 9.90. The van der Waals surface area contributed by atoms with Gasteiger partial charge in [-0.3, -0.25) is 9.89 Å². The average molecular weight is 306 g/mol. The third-order valence-corrected chi connectivity index (χ3v) is 4.15. The number of aromatic amines is 1. The number of nitrogens with one attached hydrogen (secondary N) is 2. The fourth-order valence-electron chi connectivity index (χ4n) is 1.87. The van der Waals surface area contributed by atoms with Crippen LogP contribution in [-0.2, 0) is 4.79 Å². The number of rotatable bonds is 5. The molecule has 0 radical (unpaired) electrons. The van der Waals surface area contributed by atoms with Crippen LogP contribution < -0.4 is 5.32 Å². The van der Waals surface area contributed by atoms with Gasteiger partial charge < -0.3 is 5.32 Å². The summed E-state index contributed by atoms with van der Waals surface area (Å²) in [5.74, 6) is 0.818. The summed E-state index contributed by atoms with van der Waals surface area (Å²) >= 11 is 1.28. The highest BCUT2D eigenvalue weighted by Gasteiger charge is 2.27. The lowest BCUT2D eigenvalue weighted by Gasteiger charge is -2.10. The number of carbonyl (C=O) groups excluding carboxylic acids is 1. The third-order valence-electron chi connectivity index (χ3n) is 3.19. The van der Waals surface area contributed by atoms with E-state index >= 15 is 0 Å². The minimum Gasteiger partial charge on any atom is -0.325 e. The highest BCUT2D eigenvalue weighted by Crippen LogP contribution is 2.38. The zero-order valence-corrected chi connectivity index (χ0v) is 12.3. The summed E-state index contributed by atoms with van der Waals surface area (Å²) in [4.78, 5) is 16.4. The molecule has 1 aromatic heterocycles. The Hall–Kier alpha value is -1.89. The second-order valence-electron chi connectivity index (χ2n) is 5.04. The normalized spacial score (nSPS) is 15.7. The van der Waals surface area contributed by atoms with Crippen molar-refractivity contribution in [2.24, 2.45) is 0 Å². The fraction of sp³-hybridized carbons (Fsp3) is 0.357. The molecule has 1 unspecified atom stereocenters. The molecule has 1 aliphatic carbocycles. The second-order valence-corrected chi connectivity index (χ2v) is 6.35. The van der Waals surface area contributed by atoms with Crippen molar-refractivity contribution in [3.8, 4) is 0 Å². The maximum absolute atomic E-state index is 13.1. The Bertz CT molecular complexity index is 656. The molecule has 1 saturated carbocycles. The van der Waals surface area contributed by atoms with Crippen LogP contribution in [0.1, 0.15) is 31.5 Å². The smallest absolute Gasteiger partial charge is 0.237 e. The number of amides is 1. The quantitative estimate of drug-likeness (QED) is 0.833. The molecule has 5 nitrogen and oxygen atoms in total. The van der Waals surface area contributed by atoms with Gasteiger partial charge in [-0.05, 0) is 38.0 Å². The molecule has 110 valence electrons. The van der Waals surface area contributed by atoms with Crippen molar-refractivity contribution in [2.45, 2.75) is 36.1 Å². The van der Waals surface area contributed by atoms with Gasteiger partial charge in [0.25, 0.3) is 0 Å². The molecule has 1 amide bonds. The fourth-order valence-corrected chi connectivity index (χ4v) is 2.60. The lowest BCUT2D eigenvalue weighted by molar-refractivity contribution is -0.115. The maximum atomic E-state index is 13.1. The predicted molar refractivity (Wildman–Crippen MR) is 78.7 cm³/mol. The molecule has 1 heterocycles. The molecule has 2 N–H and O–H groups in total. The molecular formula is C14H15FN4OS. The number of H-pyrrole nitrogens is 1. The molecule has 3 rings (SSSR count). The molecule has 1 fully saturated rings. The molecule has 1 atom stereocenters. The minimum absolute atomic E-state index is 0.205. The molecule has 0 spiro atoms. The summed E-state index contributed by atoms with van der Waals surface area (Å²) in [5.41, 5.74) is 0.445. The standard InChI is InChI=1S/C14H15FN4OS/c1-8(13(20)16-11-4-2-3-10(15)7-11)21-14-17-12(18-19-14)9-5-6-9/h2-4,7-9H,5-6H2,1H3,(H,16,20)(H,17,18,19). The summed E-state index contributed by atoms with van der Waals surface area (Å²) < 4.78 is 13.1. The number of nitrogens with zero attached hydrogens (tertiary/aromatic N) is 2. The van der Waals surface area contributed by atoms with Crippen molar-refractivity contribution in [1.29, 1.82) is 0 Å². The number of hydrogen-bond acceptors (Lipinski definition) is 4. The van der Waals surface area contributed by atoms with Gasteiger partial charge in [0.15, 0.2) is 0 Å². The average Bonchev–Trinajstić information content (AvgIpc) is 3.19. The van der Waals surface area contributed by atoms with E-state index in [2.05, 4.69) is 20.5 Å². The topological polar surface area (TPSA) is 70.7 Å². The van der Waals surface area contributed by atoms with E-state index in [0.29, 0.717) is 16.8 Å². The largest absolute Gasteiger partial charge is 0.325 e. The van der Waals surface area contributed by atoms with Crippen molar-refractivity contribution in [3.63, 3.8) is 0 Å². The van der Waals surface area contributed by atoms with E-state index in [9.17, 15) is 9.18 Å². The molecule has 21 heavy (non-hydrogen) atoms. The number of halogens is 1. The maximum Gasteiger partial charge on any atom is 0.237 e. The van der Waals surface area contributed by atoms with Gasteiger partial charge in [-0.15, -0.1) is 5.10 Å². The van der Waals surface area contributed by atoms with Crippen LogP contribution in [0.15, 0.2) is 29.4 Å². The van der Waals surface area contributed by atoms with Crippen molar-refractivity contribution in [2.75, 3.05) is 5.32 Å².